The molecule has 8 heteroatoms. The number of sulfonamides is 1. The molecule has 0 saturated heterocycles. The van der Waals surface area contributed by atoms with Gasteiger partial charge in [0.25, 0.3) is 5.91 Å². The van der Waals surface area contributed by atoms with Crippen molar-refractivity contribution in [2.45, 2.75) is 11.4 Å². The number of hydrogen-bond donors (Lipinski definition) is 1. The van der Waals surface area contributed by atoms with E-state index < -0.39 is 27.6 Å². The zero-order chi connectivity index (χ0) is 22.4. The lowest BCUT2D eigenvalue weighted by molar-refractivity contribution is 0.102. The summed E-state index contributed by atoms with van der Waals surface area (Å²) in [4.78, 5) is 12.5. The van der Waals surface area contributed by atoms with E-state index in [2.05, 4.69) is 11.9 Å². The van der Waals surface area contributed by atoms with Crippen molar-refractivity contribution in [3.05, 3.63) is 108 Å². The van der Waals surface area contributed by atoms with Crippen molar-refractivity contribution in [1.29, 1.82) is 0 Å². The number of hydrogen-bond acceptors (Lipinski definition) is 3. The summed E-state index contributed by atoms with van der Waals surface area (Å²) in [5, 5.41) is 2.38. The molecule has 1 amide bonds. The molecular formula is C23H20F2N2O3S. The highest BCUT2D eigenvalue weighted by molar-refractivity contribution is 7.89. The standard InChI is InChI=1S/C23H20F2N2O3S/c1-2-14-27(31(29,30)20-6-4-3-5-7-20)16-17-8-10-18(11-9-17)23(28)26-22-13-12-19(24)15-21(22)25/h2-13,15H,1,14,16H2,(H,26,28). The molecule has 3 aromatic carbocycles. The molecule has 0 unspecified atom stereocenters. The first-order valence-electron chi connectivity index (χ1n) is 9.32. The minimum Gasteiger partial charge on any atom is -0.319 e. The Labute approximate surface area is 179 Å². The van der Waals surface area contributed by atoms with Crippen molar-refractivity contribution in [3.8, 4) is 0 Å². The van der Waals surface area contributed by atoms with Gasteiger partial charge in [-0.3, -0.25) is 4.79 Å². The number of rotatable bonds is 8. The molecule has 3 aromatic rings. The first kappa shape index (κ1) is 22.3. The maximum Gasteiger partial charge on any atom is 0.255 e. The van der Waals surface area contributed by atoms with E-state index in [1.165, 1.54) is 34.6 Å². The molecule has 0 aliphatic carbocycles. The monoisotopic (exact) mass is 442 g/mol. The Balaban J connectivity index is 1.75. The van der Waals surface area contributed by atoms with Crippen LogP contribution in [0.4, 0.5) is 14.5 Å². The quantitative estimate of drug-likeness (QED) is 0.519. The molecule has 0 heterocycles. The van der Waals surface area contributed by atoms with Gasteiger partial charge in [-0.15, -0.1) is 6.58 Å². The third-order valence-electron chi connectivity index (χ3n) is 4.47. The van der Waals surface area contributed by atoms with Gasteiger partial charge in [0.05, 0.1) is 10.6 Å². The van der Waals surface area contributed by atoms with Crippen LogP contribution in [-0.4, -0.2) is 25.2 Å². The highest BCUT2D eigenvalue weighted by Gasteiger charge is 2.23. The van der Waals surface area contributed by atoms with Crippen molar-refractivity contribution in [2.24, 2.45) is 0 Å². The fourth-order valence-corrected chi connectivity index (χ4v) is 4.30. The third kappa shape index (κ3) is 5.42. The molecule has 31 heavy (non-hydrogen) atoms. The van der Waals surface area contributed by atoms with Gasteiger partial charge in [0.1, 0.15) is 11.6 Å². The highest BCUT2D eigenvalue weighted by atomic mass is 32.2. The Morgan fingerprint density at radius 1 is 1.00 bits per heavy atom. The largest absolute Gasteiger partial charge is 0.319 e. The molecule has 5 nitrogen and oxygen atoms in total. The van der Waals surface area contributed by atoms with Crippen molar-refractivity contribution in [3.63, 3.8) is 0 Å². The van der Waals surface area contributed by atoms with E-state index >= 15 is 0 Å². The minimum absolute atomic E-state index is 0.0811. The smallest absolute Gasteiger partial charge is 0.255 e. The van der Waals surface area contributed by atoms with Gasteiger partial charge >= 0.3 is 0 Å². The van der Waals surface area contributed by atoms with Gasteiger partial charge in [-0.2, -0.15) is 4.31 Å². The second-order valence-electron chi connectivity index (χ2n) is 6.67. The van der Waals surface area contributed by atoms with E-state index in [1.54, 1.807) is 30.3 Å². The van der Waals surface area contributed by atoms with Gasteiger partial charge in [-0.25, -0.2) is 17.2 Å². The summed E-state index contributed by atoms with van der Waals surface area (Å²) in [5.41, 5.74) is 0.765. The number of carbonyl (C=O) groups is 1. The molecule has 3 rings (SSSR count). The number of nitrogens with one attached hydrogen (secondary N) is 1. The predicted octanol–water partition coefficient (Wildman–Crippen LogP) is 4.59. The van der Waals surface area contributed by atoms with Crippen molar-refractivity contribution in [2.75, 3.05) is 11.9 Å². The van der Waals surface area contributed by atoms with Crippen LogP contribution < -0.4 is 5.32 Å². The maximum absolute atomic E-state index is 13.7. The van der Waals surface area contributed by atoms with E-state index in [-0.39, 0.29) is 29.2 Å². The molecular weight excluding hydrogens is 422 g/mol. The normalized spacial score (nSPS) is 11.3. The Morgan fingerprint density at radius 2 is 1.68 bits per heavy atom. The summed E-state index contributed by atoms with van der Waals surface area (Å²) in [6.07, 6.45) is 1.50. The Hall–Kier alpha value is -3.36. The molecule has 0 bridgehead atoms. The summed E-state index contributed by atoms with van der Waals surface area (Å²) in [6.45, 7) is 3.82. The number of anilines is 1. The molecule has 0 aliphatic rings. The van der Waals surface area contributed by atoms with Gasteiger partial charge in [-0.05, 0) is 42.0 Å². The average Bonchev–Trinajstić information content (AvgIpc) is 2.76. The molecule has 0 saturated carbocycles. The number of carbonyl (C=O) groups excluding carboxylic acids is 1. The molecule has 0 aliphatic heterocycles. The van der Waals surface area contributed by atoms with Crippen LogP contribution in [0.3, 0.4) is 0 Å². The number of benzene rings is 3. The van der Waals surface area contributed by atoms with E-state index in [4.69, 9.17) is 0 Å². The molecule has 1 N–H and O–H groups in total. The van der Waals surface area contributed by atoms with Crippen LogP contribution in [-0.2, 0) is 16.6 Å². The minimum atomic E-state index is -3.73. The summed E-state index contributed by atoms with van der Waals surface area (Å²) in [7, 11) is -3.73. The summed E-state index contributed by atoms with van der Waals surface area (Å²) >= 11 is 0. The van der Waals surface area contributed by atoms with Crippen LogP contribution in [0.25, 0.3) is 0 Å². The number of halogens is 2. The van der Waals surface area contributed by atoms with Crippen LogP contribution in [0.2, 0.25) is 0 Å². The number of nitrogens with zero attached hydrogens (tertiary/aromatic N) is 1. The second-order valence-corrected chi connectivity index (χ2v) is 8.61. The predicted molar refractivity (Wildman–Crippen MR) is 115 cm³/mol. The van der Waals surface area contributed by atoms with Crippen LogP contribution in [0, 0.1) is 11.6 Å². The summed E-state index contributed by atoms with van der Waals surface area (Å²) in [6, 6.07) is 17.2. The number of amides is 1. The van der Waals surface area contributed by atoms with Crippen molar-refractivity contribution >= 4 is 21.6 Å². The topological polar surface area (TPSA) is 66.5 Å². The Kier molecular flexibility index (Phi) is 6.94. The summed E-state index contributed by atoms with van der Waals surface area (Å²) in [5.74, 6) is -2.19. The molecule has 0 fully saturated rings. The highest BCUT2D eigenvalue weighted by Crippen LogP contribution is 2.20. The van der Waals surface area contributed by atoms with E-state index in [9.17, 15) is 22.0 Å². The summed E-state index contributed by atoms with van der Waals surface area (Å²) < 4.78 is 53.8. The van der Waals surface area contributed by atoms with E-state index in [1.807, 2.05) is 0 Å². The van der Waals surface area contributed by atoms with Crippen molar-refractivity contribution < 1.29 is 22.0 Å². The fraction of sp³-hybridized carbons (Fsp3) is 0.0870. The molecule has 0 atom stereocenters. The zero-order valence-electron chi connectivity index (χ0n) is 16.5. The van der Waals surface area contributed by atoms with E-state index in [0.717, 1.165) is 12.1 Å². The van der Waals surface area contributed by atoms with Gasteiger partial charge in [0.15, 0.2) is 0 Å². The zero-order valence-corrected chi connectivity index (χ0v) is 17.3. The lowest BCUT2D eigenvalue weighted by Crippen LogP contribution is -2.30. The van der Waals surface area contributed by atoms with Crippen LogP contribution >= 0.6 is 0 Å². The maximum atomic E-state index is 13.7. The fourth-order valence-electron chi connectivity index (χ4n) is 2.88. The second kappa shape index (κ2) is 9.63. The van der Waals surface area contributed by atoms with Crippen LogP contribution in [0.15, 0.2) is 90.3 Å². The Morgan fingerprint density at radius 3 is 2.29 bits per heavy atom. The SMILES string of the molecule is C=CCN(Cc1ccc(C(=O)Nc2ccc(F)cc2F)cc1)S(=O)(=O)c1ccccc1. The van der Waals surface area contributed by atoms with Crippen LogP contribution in [0.5, 0.6) is 0 Å². The molecule has 0 radical (unpaired) electrons. The Bertz CT molecular complexity index is 1180. The first-order valence-corrected chi connectivity index (χ1v) is 10.8. The van der Waals surface area contributed by atoms with E-state index in [0.29, 0.717) is 11.6 Å². The average molecular weight is 442 g/mol. The lowest BCUT2D eigenvalue weighted by Gasteiger charge is -2.21. The van der Waals surface area contributed by atoms with Gasteiger partial charge < -0.3 is 5.32 Å². The van der Waals surface area contributed by atoms with Gasteiger partial charge in [0, 0.05) is 24.7 Å². The van der Waals surface area contributed by atoms with Gasteiger partial charge in [0.2, 0.25) is 10.0 Å². The van der Waals surface area contributed by atoms with Crippen LogP contribution in [0.1, 0.15) is 15.9 Å². The first-order chi connectivity index (χ1) is 14.8. The molecule has 160 valence electrons. The third-order valence-corrected chi connectivity index (χ3v) is 6.29. The molecule has 0 aromatic heterocycles. The lowest BCUT2D eigenvalue weighted by atomic mass is 10.1. The molecule has 0 spiro atoms. The van der Waals surface area contributed by atoms with Crippen molar-refractivity contribution in [1.82, 2.24) is 4.31 Å². The van der Waals surface area contributed by atoms with Gasteiger partial charge in [-0.1, -0.05) is 36.4 Å².